The number of rotatable bonds is 7. The Morgan fingerprint density at radius 3 is 2.50 bits per heavy atom. The average molecular weight is 248 g/mol. The van der Waals surface area contributed by atoms with E-state index in [0.29, 0.717) is 0 Å². The normalized spacial score (nSPS) is 39.8. The van der Waals surface area contributed by atoms with Gasteiger partial charge in [0.2, 0.25) is 0 Å². The lowest BCUT2D eigenvalue weighted by Gasteiger charge is -2.02. The maximum Gasteiger partial charge on any atom is -0.0164 e. The molecule has 2 aliphatic carbocycles. The lowest BCUT2D eigenvalue weighted by molar-refractivity contribution is 0.483. The van der Waals surface area contributed by atoms with Crippen LogP contribution in [0.2, 0.25) is 0 Å². The highest BCUT2D eigenvalue weighted by Crippen LogP contribution is 2.81. The van der Waals surface area contributed by atoms with Gasteiger partial charge in [-0.3, -0.25) is 0 Å². The first-order chi connectivity index (χ1) is 8.57. The van der Waals surface area contributed by atoms with Crippen LogP contribution in [0.15, 0.2) is 12.2 Å². The summed E-state index contributed by atoms with van der Waals surface area (Å²) in [7, 11) is 0. The van der Waals surface area contributed by atoms with E-state index < -0.39 is 0 Å². The molecule has 0 aliphatic heterocycles. The molecule has 0 heterocycles. The first kappa shape index (κ1) is 14.2. The molecule has 0 N–H and O–H groups in total. The van der Waals surface area contributed by atoms with E-state index >= 15 is 0 Å². The Morgan fingerprint density at radius 1 is 1.22 bits per heavy atom. The quantitative estimate of drug-likeness (QED) is 0.508. The molecule has 1 spiro atoms. The summed E-state index contributed by atoms with van der Waals surface area (Å²) in [5.74, 6) is 4.70. The summed E-state index contributed by atoms with van der Waals surface area (Å²) < 4.78 is 0. The summed E-state index contributed by atoms with van der Waals surface area (Å²) in [6, 6.07) is 0. The summed E-state index contributed by atoms with van der Waals surface area (Å²) in [6.45, 7) is 11.8. The van der Waals surface area contributed by atoms with E-state index in [9.17, 15) is 0 Å². The Kier molecular flexibility index (Phi) is 4.24. The molecule has 104 valence electrons. The third kappa shape index (κ3) is 2.40. The van der Waals surface area contributed by atoms with Gasteiger partial charge in [-0.15, -0.1) is 0 Å². The topological polar surface area (TPSA) is 0 Å². The molecule has 0 saturated heterocycles. The summed E-state index contributed by atoms with van der Waals surface area (Å²) in [4.78, 5) is 0. The Labute approximate surface area is 114 Å². The van der Waals surface area contributed by atoms with Gasteiger partial charge in [0, 0.05) is 0 Å². The van der Waals surface area contributed by atoms with Crippen molar-refractivity contribution in [2.45, 2.75) is 66.7 Å². The average Bonchev–Trinajstić information content (AvgIpc) is 3.21. The van der Waals surface area contributed by atoms with Gasteiger partial charge in [0.05, 0.1) is 0 Å². The van der Waals surface area contributed by atoms with E-state index in [1.165, 1.54) is 32.1 Å². The van der Waals surface area contributed by atoms with Crippen LogP contribution in [0.4, 0.5) is 0 Å². The first-order valence-corrected chi connectivity index (χ1v) is 8.26. The zero-order valence-electron chi connectivity index (χ0n) is 13.1. The van der Waals surface area contributed by atoms with Crippen LogP contribution >= 0.6 is 0 Å². The van der Waals surface area contributed by atoms with Gasteiger partial charge < -0.3 is 0 Å². The van der Waals surface area contributed by atoms with Crippen LogP contribution in [0.3, 0.4) is 0 Å². The van der Waals surface area contributed by atoms with Crippen molar-refractivity contribution >= 4 is 0 Å². The molecule has 2 rings (SSSR count). The van der Waals surface area contributed by atoms with Crippen molar-refractivity contribution in [1.82, 2.24) is 0 Å². The van der Waals surface area contributed by atoms with Gasteiger partial charge in [-0.05, 0) is 47.8 Å². The molecular formula is C18H32. The largest absolute Gasteiger partial charge is 0.0854 e. The van der Waals surface area contributed by atoms with Crippen molar-refractivity contribution in [1.29, 1.82) is 0 Å². The minimum absolute atomic E-state index is 0.771. The minimum atomic E-state index is 0.771. The van der Waals surface area contributed by atoms with Crippen LogP contribution < -0.4 is 0 Å². The number of hydrogen-bond donors (Lipinski definition) is 0. The number of allylic oxidation sites excluding steroid dienone is 2. The molecule has 2 aliphatic rings. The SMILES string of the molecule is CCCCC1C(C(C)C)C12CC2C=CC(C)CC. The van der Waals surface area contributed by atoms with E-state index in [2.05, 4.69) is 46.8 Å². The second-order valence-corrected chi connectivity index (χ2v) is 7.21. The van der Waals surface area contributed by atoms with Crippen molar-refractivity contribution in [3.63, 3.8) is 0 Å². The molecule has 2 saturated carbocycles. The maximum absolute atomic E-state index is 2.56. The van der Waals surface area contributed by atoms with Gasteiger partial charge >= 0.3 is 0 Å². The maximum atomic E-state index is 2.56. The Balaban J connectivity index is 1.91. The molecule has 0 bridgehead atoms. The van der Waals surface area contributed by atoms with Gasteiger partial charge in [-0.2, -0.15) is 0 Å². The van der Waals surface area contributed by atoms with Crippen LogP contribution in [-0.4, -0.2) is 0 Å². The molecule has 18 heavy (non-hydrogen) atoms. The second-order valence-electron chi connectivity index (χ2n) is 7.21. The summed E-state index contributed by atoms with van der Waals surface area (Å²) in [5.41, 5.74) is 0.771. The monoisotopic (exact) mass is 248 g/mol. The molecule has 0 radical (unpaired) electrons. The van der Waals surface area contributed by atoms with E-state index in [0.717, 1.165) is 35.0 Å². The zero-order chi connectivity index (χ0) is 13.3. The highest BCUT2D eigenvalue weighted by molar-refractivity contribution is 5.28. The Hall–Kier alpha value is -0.260. The lowest BCUT2D eigenvalue weighted by Crippen LogP contribution is -1.94. The number of unbranched alkanes of at least 4 members (excludes halogenated alkanes) is 1. The molecule has 2 fully saturated rings. The summed E-state index contributed by atoms with van der Waals surface area (Å²) in [6.07, 6.45) is 12.1. The van der Waals surface area contributed by atoms with Crippen LogP contribution in [0, 0.1) is 35.0 Å². The van der Waals surface area contributed by atoms with Crippen molar-refractivity contribution in [3.8, 4) is 0 Å². The zero-order valence-corrected chi connectivity index (χ0v) is 13.1. The molecule has 0 aromatic rings. The molecule has 0 aromatic carbocycles. The lowest BCUT2D eigenvalue weighted by atomic mass is 10.0. The fraction of sp³-hybridized carbons (Fsp3) is 0.889. The third-order valence-corrected chi connectivity index (χ3v) is 5.64. The number of hydrogen-bond acceptors (Lipinski definition) is 0. The molecule has 0 amide bonds. The molecule has 0 nitrogen and oxygen atoms in total. The van der Waals surface area contributed by atoms with Gasteiger partial charge in [-0.25, -0.2) is 0 Å². The van der Waals surface area contributed by atoms with Crippen molar-refractivity contribution in [2.24, 2.45) is 35.0 Å². The van der Waals surface area contributed by atoms with E-state index in [1.54, 1.807) is 0 Å². The fourth-order valence-electron chi connectivity index (χ4n) is 4.37. The molecule has 0 aromatic heterocycles. The first-order valence-electron chi connectivity index (χ1n) is 8.26. The molecule has 0 heteroatoms. The van der Waals surface area contributed by atoms with Crippen molar-refractivity contribution in [3.05, 3.63) is 12.2 Å². The van der Waals surface area contributed by atoms with Crippen LogP contribution in [0.5, 0.6) is 0 Å². The van der Waals surface area contributed by atoms with Gasteiger partial charge in [0.25, 0.3) is 0 Å². The summed E-state index contributed by atoms with van der Waals surface area (Å²) in [5, 5.41) is 0. The van der Waals surface area contributed by atoms with Crippen molar-refractivity contribution < 1.29 is 0 Å². The molecule has 5 atom stereocenters. The van der Waals surface area contributed by atoms with Crippen LogP contribution in [0.1, 0.15) is 66.7 Å². The van der Waals surface area contributed by atoms with Crippen molar-refractivity contribution in [2.75, 3.05) is 0 Å². The third-order valence-electron chi connectivity index (χ3n) is 5.64. The standard InChI is InChI=1S/C18H32/c1-6-8-9-16-17(13(3)4)18(16)12-15(18)11-10-14(5)7-2/h10-11,13-17H,6-9,12H2,1-5H3. The highest BCUT2D eigenvalue weighted by atomic mass is 14.8. The minimum Gasteiger partial charge on any atom is -0.0854 e. The smallest absolute Gasteiger partial charge is 0.0164 e. The van der Waals surface area contributed by atoms with E-state index in [4.69, 9.17) is 0 Å². The predicted molar refractivity (Wildman–Crippen MR) is 80.5 cm³/mol. The predicted octanol–water partition coefficient (Wildman–Crippen LogP) is 5.69. The van der Waals surface area contributed by atoms with E-state index in [1.807, 2.05) is 0 Å². The van der Waals surface area contributed by atoms with Gasteiger partial charge in [0.15, 0.2) is 0 Å². The molecular weight excluding hydrogens is 216 g/mol. The van der Waals surface area contributed by atoms with E-state index in [-0.39, 0.29) is 0 Å². The van der Waals surface area contributed by atoms with Gasteiger partial charge in [0.1, 0.15) is 0 Å². The fourth-order valence-corrected chi connectivity index (χ4v) is 4.37. The Morgan fingerprint density at radius 2 is 1.94 bits per heavy atom. The van der Waals surface area contributed by atoms with Crippen LogP contribution in [-0.2, 0) is 0 Å². The van der Waals surface area contributed by atoms with Crippen LogP contribution in [0.25, 0.3) is 0 Å². The highest BCUT2D eigenvalue weighted by Gasteiger charge is 2.76. The van der Waals surface area contributed by atoms with Gasteiger partial charge in [-0.1, -0.05) is 66.0 Å². The summed E-state index contributed by atoms with van der Waals surface area (Å²) >= 11 is 0. The molecule has 5 unspecified atom stereocenters. The second kappa shape index (κ2) is 5.39. The Bertz CT molecular complexity index is 301.